The highest BCUT2D eigenvalue weighted by Crippen LogP contribution is 2.18. The Labute approximate surface area is 114 Å². The van der Waals surface area contributed by atoms with E-state index in [1.54, 1.807) is 0 Å². The Kier molecular flexibility index (Phi) is 5.95. The van der Waals surface area contributed by atoms with Crippen LogP contribution in [0.15, 0.2) is 24.3 Å². The molecule has 1 atom stereocenters. The van der Waals surface area contributed by atoms with Crippen molar-refractivity contribution in [3.8, 4) is 5.75 Å². The summed E-state index contributed by atoms with van der Waals surface area (Å²) >= 11 is 0. The highest BCUT2D eigenvalue weighted by molar-refractivity contribution is 5.88. The Morgan fingerprint density at radius 3 is 3.06 bits per heavy atom. The summed E-state index contributed by atoms with van der Waals surface area (Å²) in [5.41, 5.74) is 0.773. The number of benzene rings is 1. The van der Waals surface area contributed by atoms with Crippen molar-refractivity contribution in [3.05, 3.63) is 24.3 Å². The Balaban J connectivity index is 0.00000162. The Hall–Kier alpha value is -1.26. The van der Waals surface area contributed by atoms with Gasteiger partial charge in [-0.15, -0.1) is 12.4 Å². The summed E-state index contributed by atoms with van der Waals surface area (Å²) in [5, 5.41) is 6.12. The molecule has 0 aromatic heterocycles. The van der Waals surface area contributed by atoms with Gasteiger partial charge in [0, 0.05) is 24.7 Å². The number of ether oxygens (including phenoxy) is 1. The van der Waals surface area contributed by atoms with Gasteiger partial charge < -0.3 is 15.4 Å². The first kappa shape index (κ1) is 14.8. The molecule has 1 unspecified atom stereocenters. The number of halogens is 1. The summed E-state index contributed by atoms with van der Waals surface area (Å²) in [7, 11) is 0. The number of hydrogen-bond donors (Lipinski definition) is 2. The van der Waals surface area contributed by atoms with Gasteiger partial charge >= 0.3 is 0 Å². The number of nitrogens with one attached hydrogen (secondary N) is 2. The van der Waals surface area contributed by atoms with Gasteiger partial charge in [0.15, 0.2) is 0 Å². The van der Waals surface area contributed by atoms with Crippen LogP contribution in [0.2, 0.25) is 0 Å². The predicted molar refractivity (Wildman–Crippen MR) is 74.5 cm³/mol. The molecule has 0 aliphatic carbocycles. The van der Waals surface area contributed by atoms with Crippen molar-refractivity contribution < 1.29 is 9.53 Å². The fourth-order valence-electron chi connectivity index (χ4n) is 1.96. The van der Waals surface area contributed by atoms with Crippen molar-refractivity contribution in [3.63, 3.8) is 0 Å². The van der Waals surface area contributed by atoms with Crippen molar-refractivity contribution in [1.29, 1.82) is 0 Å². The monoisotopic (exact) mass is 270 g/mol. The number of amides is 1. The second-order valence-corrected chi connectivity index (χ2v) is 4.31. The maximum absolute atomic E-state index is 10.9. The number of hydrogen-bond acceptors (Lipinski definition) is 3. The standard InChI is InChI=1S/C13H18N2O2.ClH/c1-10(16)15-11-4-2-6-13(8-11)17-9-12-5-3-7-14-12;/h2,4,6,8,12,14H,3,5,7,9H2,1H3,(H,15,16);1H. The zero-order valence-electron chi connectivity index (χ0n) is 10.4. The Bertz CT molecular complexity index is 392. The number of rotatable bonds is 4. The number of carbonyl (C=O) groups is 1. The van der Waals surface area contributed by atoms with Gasteiger partial charge in [-0.3, -0.25) is 4.79 Å². The minimum atomic E-state index is -0.0698. The van der Waals surface area contributed by atoms with Crippen LogP contribution in [-0.2, 0) is 4.79 Å². The van der Waals surface area contributed by atoms with E-state index < -0.39 is 0 Å². The van der Waals surface area contributed by atoms with Gasteiger partial charge in [-0.05, 0) is 31.5 Å². The van der Waals surface area contributed by atoms with Crippen LogP contribution in [-0.4, -0.2) is 25.1 Å². The normalized spacial score (nSPS) is 17.9. The van der Waals surface area contributed by atoms with E-state index in [4.69, 9.17) is 4.74 Å². The topological polar surface area (TPSA) is 50.4 Å². The fraction of sp³-hybridized carbons (Fsp3) is 0.462. The third-order valence-electron chi connectivity index (χ3n) is 2.77. The maximum atomic E-state index is 10.9. The lowest BCUT2D eigenvalue weighted by atomic mass is 10.2. The first-order valence-corrected chi connectivity index (χ1v) is 5.98. The van der Waals surface area contributed by atoms with E-state index in [2.05, 4.69) is 10.6 Å². The van der Waals surface area contributed by atoms with Crippen LogP contribution in [0.25, 0.3) is 0 Å². The van der Waals surface area contributed by atoms with Gasteiger partial charge in [0.25, 0.3) is 0 Å². The molecule has 0 spiro atoms. The quantitative estimate of drug-likeness (QED) is 0.882. The zero-order valence-corrected chi connectivity index (χ0v) is 11.3. The van der Waals surface area contributed by atoms with Gasteiger partial charge in [0.2, 0.25) is 5.91 Å². The van der Waals surface area contributed by atoms with Crippen LogP contribution in [0, 0.1) is 0 Å². The summed E-state index contributed by atoms with van der Waals surface area (Å²) in [6.45, 7) is 3.26. The van der Waals surface area contributed by atoms with Gasteiger partial charge in [0.1, 0.15) is 12.4 Å². The number of carbonyl (C=O) groups excluding carboxylic acids is 1. The van der Waals surface area contributed by atoms with Crippen LogP contribution in [0.5, 0.6) is 5.75 Å². The molecule has 4 nitrogen and oxygen atoms in total. The summed E-state index contributed by atoms with van der Waals surface area (Å²) in [6, 6.07) is 7.93. The molecule has 1 aliphatic heterocycles. The fourth-order valence-corrected chi connectivity index (χ4v) is 1.96. The SMILES string of the molecule is CC(=O)Nc1cccc(OCC2CCCN2)c1.Cl. The molecular formula is C13H19ClN2O2. The van der Waals surface area contributed by atoms with Crippen molar-refractivity contribution in [2.24, 2.45) is 0 Å². The van der Waals surface area contributed by atoms with E-state index in [-0.39, 0.29) is 18.3 Å². The lowest BCUT2D eigenvalue weighted by molar-refractivity contribution is -0.114. The Morgan fingerprint density at radius 2 is 2.39 bits per heavy atom. The molecule has 0 saturated carbocycles. The molecular weight excluding hydrogens is 252 g/mol. The van der Waals surface area contributed by atoms with Crippen LogP contribution in [0.1, 0.15) is 19.8 Å². The summed E-state index contributed by atoms with van der Waals surface area (Å²) in [5.74, 6) is 0.726. The van der Waals surface area contributed by atoms with E-state index in [9.17, 15) is 4.79 Å². The second kappa shape index (κ2) is 7.24. The molecule has 1 aromatic carbocycles. The molecule has 1 heterocycles. The Morgan fingerprint density at radius 1 is 1.56 bits per heavy atom. The van der Waals surface area contributed by atoms with Gasteiger partial charge in [-0.2, -0.15) is 0 Å². The van der Waals surface area contributed by atoms with E-state index >= 15 is 0 Å². The molecule has 1 fully saturated rings. The van der Waals surface area contributed by atoms with Crippen molar-refractivity contribution >= 4 is 24.0 Å². The van der Waals surface area contributed by atoms with E-state index in [0.29, 0.717) is 12.6 Å². The maximum Gasteiger partial charge on any atom is 0.221 e. The lowest BCUT2D eigenvalue weighted by Crippen LogP contribution is -2.28. The first-order chi connectivity index (χ1) is 8.24. The molecule has 18 heavy (non-hydrogen) atoms. The van der Waals surface area contributed by atoms with Gasteiger partial charge in [-0.25, -0.2) is 0 Å². The van der Waals surface area contributed by atoms with Gasteiger partial charge in [0.05, 0.1) is 0 Å². The van der Waals surface area contributed by atoms with Crippen LogP contribution < -0.4 is 15.4 Å². The average molecular weight is 271 g/mol. The molecule has 100 valence electrons. The van der Waals surface area contributed by atoms with Gasteiger partial charge in [-0.1, -0.05) is 6.07 Å². The summed E-state index contributed by atoms with van der Waals surface area (Å²) in [4.78, 5) is 10.9. The second-order valence-electron chi connectivity index (χ2n) is 4.31. The molecule has 1 amide bonds. The highest BCUT2D eigenvalue weighted by Gasteiger charge is 2.14. The predicted octanol–water partition coefficient (Wildman–Crippen LogP) is 2.20. The molecule has 0 bridgehead atoms. The molecule has 5 heteroatoms. The first-order valence-electron chi connectivity index (χ1n) is 5.98. The number of anilines is 1. The lowest BCUT2D eigenvalue weighted by Gasteiger charge is -2.12. The smallest absolute Gasteiger partial charge is 0.221 e. The van der Waals surface area contributed by atoms with Crippen LogP contribution in [0.3, 0.4) is 0 Å². The van der Waals surface area contributed by atoms with E-state index in [1.165, 1.54) is 19.8 Å². The molecule has 1 aromatic rings. The zero-order chi connectivity index (χ0) is 12.1. The molecule has 1 saturated heterocycles. The third kappa shape index (κ3) is 4.55. The highest BCUT2D eigenvalue weighted by atomic mass is 35.5. The van der Waals surface area contributed by atoms with Crippen LogP contribution >= 0.6 is 12.4 Å². The molecule has 0 radical (unpaired) electrons. The average Bonchev–Trinajstić information content (AvgIpc) is 2.79. The molecule has 2 rings (SSSR count). The summed E-state index contributed by atoms with van der Waals surface area (Å²) in [6.07, 6.45) is 2.39. The van der Waals surface area contributed by atoms with Crippen LogP contribution in [0.4, 0.5) is 5.69 Å². The molecule has 2 N–H and O–H groups in total. The van der Waals surface area contributed by atoms with E-state index in [0.717, 1.165) is 18.0 Å². The summed E-state index contributed by atoms with van der Waals surface area (Å²) < 4.78 is 5.70. The minimum Gasteiger partial charge on any atom is -0.492 e. The minimum absolute atomic E-state index is 0. The van der Waals surface area contributed by atoms with Crippen molar-refractivity contribution in [1.82, 2.24) is 5.32 Å². The van der Waals surface area contributed by atoms with Crippen molar-refractivity contribution in [2.45, 2.75) is 25.8 Å². The third-order valence-corrected chi connectivity index (χ3v) is 2.77. The largest absolute Gasteiger partial charge is 0.492 e. The van der Waals surface area contributed by atoms with E-state index in [1.807, 2.05) is 24.3 Å². The molecule has 1 aliphatic rings. The van der Waals surface area contributed by atoms with Crippen molar-refractivity contribution in [2.75, 3.05) is 18.5 Å².